The molecular weight excluding hydrogens is 292 g/mol. The van der Waals surface area contributed by atoms with Crippen molar-refractivity contribution in [3.63, 3.8) is 0 Å². The number of hydrogen-bond acceptors (Lipinski definition) is 3. The molecule has 5 nitrogen and oxygen atoms in total. The largest absolute Gasteiger partial charge is 0.356 e. The minimum atomic E-state index is -0.113. The van der Waals surface area contributed by atoms with E-state index in [-0.39, 0.29) is 30.4 Å². The van der Waals surface area contributed by atoms with Crippen molar-refractivity contribution in [3.05, 3.63) is 35.4 Å². The number of ketones is 1. The third-order valence-corrected chi connectivity index (χ3v) is 4.05. The maximum absolute atomic E-state index is 12.0. The second kappa shape index (κ2) is 8.46. The molecule has 1 saturated heterocycles. The number of amides is 2. The molecule has 0 spiro atoms. The van der Waals surface area contributed by atoms with Crippen molar-refractivity contribution >= 4 is 17.6 Å². The summed E-state index contributed by atoms with van der Waals surface area (Å²) < 4.78 is 0. The maximum Gasteiger partial charge on any atom is 0.222 e. The fourth-order valence-corrected chi connectivity index (χ4v) is 2.64. The molecule has 0 saturated carbocycles. The van der Waals surface area contributed by atoms with Gasteiger partial charge in [0.05, 0.1) is 0 Å². The number of carbonyl (C=O) groups excluding carboxylic acids is 3. The van der Waals surface area contributed by atoms with Gasteiger partial charge in [-0.25, -0.2) is 0 Å². The number of likely N-dealkylation sites (tertiary alicyclic amines) is 1. The first-order valence-corrected chi connectivity index (χ1v) is 8.20. The zero-order valence-corrected chi connectivity index (χ0v) is 13.6. The first-order chi connectivity index (χ1) is 11.1. The lowest BCUT2D eigenvalue weighted by Gasteiger charge is -2.15. The summed E-state index contributed by atoms with van der Waals surface area (Å²) in [6, 6.07) is 7.38. The van der Waals surface area contributed by atoms with Gasteiger partial charge in [-0.15, -0.1) is 0 Å². The summed E-state index contributed by atoms with van der Waals surface area (Å²) in [6.07, 6.45) is 2.76. The van der Waals surface area contributed by atoms with Crippen molar-refractivity contribution in [1.82, 2.24) is 10.2 Å². The summed E-state index contributed by atoms with van der Waals surface area (Å²) in [5.41, 5.74) is 1.76. The predicted molar refractivity (Wildman–Crippen MR) is 88.2 cm³/mol. The lowest BCUT2D eigenvalue weighted by molar-refractivity contribution is -0.127. The van der Waals surface area contributed by atoms with Gasteiger partial charge in [-0.3, -0.25) is 14.4 Å². The highest BCUT2D eigenvalue weighted by Crippen LogP contribution is 2.09. The van der Waals surface area contributed by atoms with Crippen molar-refractivity contribution in [2.45, 2.75) is 39.0 Å². The number of hydrogen-bond donors (Lipinski definition) is 1. The first kappa shape index (κ1) is 17.2. The molecule has 0 unspecified atom stereocenters. The highest BCUT2D eigenvalue weighted by atomic mass is 16.2. The molecule has 1 aromatic carbocycles. The fourth-order valence-electron chi connectivity index (χ4n) is 2.64. The third-order valence-electron chi connectivity index (χ3n) is 4.05. The van der Waals surface area contributed by atoms with E-state index in [1.807, 2.05) is 24.0 Å². The maximum atomic E-state index is 12.0. The average Bonchev–Trinajstić information content (AvgIpc) is 2.95. The average molecular weight is 316 g/mol. The standard InChI is InChI=1S/C18H24N2O3/c1-14-5-7-15(8-6-14)16(21)9-10-17(22)19-11-3-13-20-12-2-4-18(20)23/h5-8H,2-4,9-13H2,1H3,(H,19,22). The van der Waals surface area contributed by atoms with E-state index in [9.17, 15) is 14.4 Å². The molecule has 23 heavy (non-hydrogen) atoms. The van der Waals surface area contributed by atoms with Crippen molar-refractivity contribution in [3.8, 4) is 0 Å². The molecule has 0 bridgehead atoms. The van der Waals surface area contributed by atoms with Crippen molar-refractivity contribution < 1.29 is 14.4 Å². The molecule has 5 heteroatoms. The van der Waals surface area contributed by atoms with Crippen LogP contribution >= 0.6 is 0 Å². The van der Waals surface area contributed by atoms with Gasteiger partial charge in [0.1, 0.15) is 0 Å². The molecule has 124 valence electrons. The van der Waals surface area contributed by atoms with Crippen LogP contribution in [0.3, 0.4) is 0 Å². The Morgan fingerprint density at radius 1 is 1.17 bits per heavy atom. The molecular formula is C18H24N2O3. The zero-order valence-electron chi connectivity index (χ0n) is 13.6. The van der Waals surface area contributed by atoms with E-state index in [1.54, 1.807) is 12.1 Å². The highest BCUT2D eigenvalue weighted by Gasteiger charge is 2.19. The normalized spacial score (nSPS) is 14.1. The van der Waals surface area contributed by atoms with Crippen LogP contribution in [0.1, 0.15) is 48.0 Å². The van der Waals surface area contributed by atoms with Crippen molar-refractivity contribution in [1.29, 1.82) is 0 Å². The quantitative estimate of drug-likeness (QED) is 0.590. The van der Waals surface area contributed by atoms with Crippen molar-refractivity contribution in [2.75, 3.05) is 19.6 Å². The second-order valence-electron chi connectivity index (χ2n) is 5.98. The number of Topliss-reactive ketones (excluding diaryl/α,β-unsaturated/α-hetero) is 1. The molecule has 2 rings (SSSR count). The van der Waals surface area contributed by atoms with Crippen LogP contribution in [0.2, 0.25) is 0 Å². The van der Waals surface area contributed by atoms with Crippen molar-refractivity contribution in [2.24, 2.45) is 0 Å². The molecule has 0 aliphatic carbocycles. The van der Waals surface area contributed by atoms with E-state index in [0.29, 0.717) is 25.1 Å². The Morgan fingerprint density at radius 3 is 2.57 bits per heavy atom. The van der Waals surface area contributed by atoms with Crippen LogP contribution in [0.4, 0.5) is 0 Å². The predicted octanol–water partition coefficient (Wildman–Crippen LogP) is 2.09. The molecule has 0 radical (unpaired) electrons. The summed E-state index contributed by atoms with van der Waals surface area (Å²) in [6.45, 7) is 4.04. The Bertz CT molecular complexity index is 566. The molecule has 1 fully saturated rings. The van der Waals surface area contributed by atoms with Gasteiger partial charge in [0.25, 0.3) is 0 Å². The number of nitrogens with one attached hydrogen (secondary N) is 1. The van der Waals surface area contributed by atoms with Gasteiger partial charge in [0, 0.05) is 44.5 Å². The van der Waals surface area contributed by atoms with Crippen LogP contribution in [0.25, 0.3) is 0 Å². The Kier molecular flexibility index (Phi) is 6.32. The van der Waals surface area contributed by atoms with Crippen LogP contribution < -0.4 is 5.32 Å². The molecule has 1 aliphatic heterocycles. The van der Waals surface area contributed by atoms with Gasteiger partial charge in [-0.05, 0) is 19.8 Å². The molecule has 0 aromatic heterocycles. The van der Waals surface area contributed by atoms with E-state index in [1.165, 1.54) is 0 Å². The Balaban J connectivity index is 1.60. The number of rotatable bonds is 8. The number of benzene rings is 1. The zero-order chi connectivity index (χ0) is 16.7. The summed E-state index contributed by atoms with van der Waals surface area (Å²) in [5, 5.41) is 2.81. The van der Waals surface area contributed by atoms with Gasteiger partial charge in [0.2, 0.25) is 11.8 Å². The molecule has 1 heterocycles. The molecule has 1 aromatic rings. The van der Waals surface area contributed by atoms with Crippen LogP contribution in [0.5, 0.6) is 0 Å². The van der Waals surface area contributed by atoms with Gasteiger partial charge in [-0.1, -0.05) is 29.8 Å². The summed E-state index contributed by atoms with van der Waals surface area (Å²) in [4.78, 5) is 37.0. The fraction of sp³-hybridized carbons (Fsp3) is 0.500. The van der Waals surface area contributed by atoms with Gasteiger partial charge in [0.15, 0.2) is 5.78 Å². The lowest BCUT2D eigenvalue weighted by atomic mass is 10.1. The van der Waals surface area contributed by atoms with E-state index in [4.69, 9.17) is 0 Å². The third kappa shape index (κ3) is 5.51. The van der Waals surface area contributed by atoms with Crippen LogP contribution in [0, 0.1) is 6.92 Å². The van der Waals surface area contributed by atoms with Crippen LogP contribution in [-0.2, 0) is 9.59 Å². The number of carbonyl (C=O) groups is 3. The van der Waals surface area contributed by atoms with E-state index < -0.39 is 0 Å². The molecule has 1 N–H and O–H groups in total. The van der Waals surface area contributed by atoms with Gasteiger partial charge < -0.3 is 10.2 Å². The van der Waals surface area contributed by atoms with Gasteiger partial charge in [-0.2, -0.15) is 0 Å². The van der Waals surface area contributed by atoms with Gasteiger partial charge >= 0.3 is 0 Å². The van der Waals surface area contributed by atoms with Crippen LogP contribution in [-0.4, -0.2) is 42.1 Å². The lowest BCUT2D eigenvalue weighted by Crippen LogP contribution is -2.30. The van der Waals surface area contributed by atoms with E-state index in [2.05, 4.69) is 5.32 Å². The number of nitrogens with zero attached hydrogens (tertiary/aromatic N) is 1. The summed E-state index contributed by atoms with van der Waals surface area (Å²) in [5.74, 6) is 0.0843. The highest BCUT2D eigenvalue weighted by molar-refractivity contribution is 5.97. The van der Waals surface area contributed by atoms with Crippen LogP contribution in [0.15, 0.2) is 24.3 Å². The minimum Gasteiger partial charge on any atom is -0.356 e. The summed E-state index contributed by atoms with van der Waals surface area (Å²) >= 11 is 0. The van der Waals surface area contributed by atoms with E-state index in [0.717, 1.165) is 24.9 Å². The topological polar surface area (TPSA) is 66.5 Å². The second-order valence-corrected chi connectivity index (χ2v) is 5.98. The smallest absolute Gasteiger partial charge is 0.222 e. The Hall–Kier alpha value is -2.17. The first-order valence-electron chi connectivity index (χ1n) is 8.20. The minimum absolute atomic E-state index is 0.0113. The Morgan fingerprint density at radius 2 is 1.91 bits per heavy atom. The molecule has 0 atom stereocenters. The Labute approximate surface area is 137 Å². The molecule has 2 amide bonds. The SMILES string of the molecule is Cc1ccc(C(=O)CCC(=O)NCCCN2CCCC2=O)cc1. The monoisotopic (exact) mass is 316 g/mol. The number of aryl methyl sites for hydroxylation is 1. The van der Waals surface area contributed by atoms with E-state index >= 15 is 0 Å². The summed E-state index contributed by atoms with van der Waals surface area (Å²) in [7, 11) is 0. The molecule has 1 aliphatic rings.